The van der Waals surface area contributed by atoms with E-state index >= 15 is 0 Å². The molecular formula is C18H21F3N4O3. The smallest absolute Gasteiger partial charge is 0.333 e. The van der Waals surface area contributed by atoms with E-state index in [1.165, 1.54) is 18.6 Å². The lowest BCUT2D eigenvalue weighted by atomic mass is 9.96. The lowest BCUT2D eigenvalue weighted by Gasteiger charge is -2.27. The summed E-state index contributed by atoms with van der Waals surface area (Å²) in [6.45, 7) is 0.190. The van der Waals surface area contributed by atoms with Crippen LogP contribution in [-0.2, 0) is 17.6 Å². The molecule has 10 heteroatoms. The van der Waals surface area contributed by atoms with Crippen molar-refractivity contribution in [2.24, 2.45) is 0 Å². The maximum absolute atomic E-state index is 12.6. The molecule has 1 aromatic heterocycles. The largest absolute Gasteiger partial charge is 0.471 e. The molecule has 152 valence electrons. The number of nitrogens with one attached hydrogen (secondary N) is 1. The minimum atomic E-state index is -4.68. The number of hydrogen-bond donors (Lipinski definition) is 1. The van der Waals surface area contributed by atoms with E-state index in [1.807, 2.05) is 0 Å². The summed E-state index contributed by atoms with van der Waals surface area (Å²) in [6.07, 6.45) is 0.635. The summed E-state index contributed by atoms with van der Waals surface area (Å²) in [5.41, 5.74) is 1.11. The molecule has 3 rings (SSSR count). The van der Waals surface area contributed by atoms with Crippen LogP contribution in [0.15, 0.2) is 28.8 Å². The van der Waals surface area contributed by atoms with Gasteiger partial charge in [-0.05, 0) is 18.4 Å². The van der Waals surface area contributed by atoms with Crippen LogP contribution in [0, 0.1) is 0 Å². The van der Waals surface area contributed by atoms with Crippen molar-refractivity contribution in [2.75, 3.05) is 7.11 Å². The van der Waals surface area contributed by atoms with E-state index in [-0.39, 0.29) is 24.4 Å². The molecular weight excluding hydrogens is 377 g/mol. The molecule has 0 radical (unpaired) electrons. The number of amides is 2. The molecule has 0 bridgehead atoms. The highest BCUT2D eigenvalue weighted by Crippen LogP contribution is 2.29. The van der Waals surface area contributed by atoms with Crippen molar-refractivity contribution < 1.29 is 27.3 Å². The summed E-state index contributed by atoms with van der Waals surface area (Å²) in [5.74, 6) is -1.55. The Labute approximate surface area is 159 Å². The number of hydrogen-bond acceptors (Lipinski definition) is 5. The molecule has 28 heavy (non-hydrogen) atoms. The molecule has 1 heterocycles. The van der Waals surface area contributed by atoms with Crippen molar-refractivity contribution in [3.63, 3.8) is 0 Å². The van der Waals surface area contributed by atoms with Crippen molar-refractivity contribution >= 4 is 6.03 Å². The first-order valence-electron chi connectivity index (χ1n) is 8.99. The number of urea groups is 1. The van der Waals surface area contributed by atoms with Crippen LogP contribution in [0.25, 0.3) is 11.4 Å². The van der Waals surface area contributed by atoms with Gasteiger partial charge in [0.1, 0.15) is 0 Å². The van der Waals surface area contributed by atoms with Gasteiger partial charge in [-0.25, -0.2) is 4.79 Å². The first-order valence-corrected chi connectivity index (χ1v) is 8.99. The minimum Gasteiger partial charge on any atom is -0.333 e. The zero-order valence-electron chi connectivity index (χ0n) is 15.3. The molecule has 2 amide bonds. The molecule has 1 aliphatic rings. The van der Waals surface area contributed by atoms with Crippen LogP contribution in [0.1, 0.15) is 43.6 Å². The Morgan fingerprint density at radius 2 is 1.93 bits per heavy atom. The van der Waals surface area contributed by atoms with Gasteiger partial charge in [0.2, 0.25) is 5.82 Å². The Kier molecular flexibility index (Phi) is 6.18. The van der Waals surface area contributed by atoms with Crippen molar-refractivity contribution in [3.8, 4) is 11.4 Å². The molecule has 0 aliphatic heterocycles. The van der Waals surface area contributed by atoms with E-state index in [2.05, 4.69) is 20.0 Å². The van der Waals surface area contributed by atoms with Crippen LogP contribution < -0.4 is 5.32 Å². The van der Waals surface area contributed by atoms with Gasteiger partial charge in [0.25, 0.3) is 0 Å². The third-order valence-corrected chi connectivity index (χ3v) is 4.59. The maximum Gasteiger partial charge on any atom is 0.471 e. The molecule has 2 aromatic rings. The van der Waals surface area contributed by atoms with E-state index < -0.39 is 12.1 Å². The SMILES string of the molecule is CON(Cc1ccc(-c2noc(C(F)(F)F)n2)cc1)C(=O)NC1CCCCC1. The topological polar surface area (TPSA) is 80.5 Å². The average Bonchev–Trinajstić information content (AvgIpc) is 3.18. The van der Waals surface area contributed by atoms with Crippen molar-refractivity contribution in [3.05, 3.63) is 35.7 Å². The first-order chi connectivity index (χ1) is 13.4. The van der Waals surface area contributed by atoms with Crippen molar-refractivity contribution in [1.29, 1.82) is 0 Å². The number of carbonyl (C=O) groups is 1. The molecule has 1 fully saturated rings. The van der Waals surface area contributed by atoms with Gasteiger partial charge in [0.15, 0.2) is 0 Å². The molecule has 1 aromatic carbocycles. The summed E-state index contributed by atoms with van der Waals surface area (Å²) in [5, 5.41) is 7.52. The molecule has 7 nitrogen and oxygen atoms in total. The van der Waals surface area contributed by atoms with Gasteiger partial charge < -0.3 is 9.84 Å². The molecule has 1 N–H and O–H groups in total. The van der Waals surface area contributed by atoms with Gasteiger partial charge in [0, 0.05) is 11.6 Å². The number of halogens is 3. The van der Waals surface area contributed by atoms with E-state index in [1.54, 1.807) is 24.3 Å². The summed E-state index contributed by atoms with van der Waals surface area (Å²) >= 11 is 0. The Hall–Kier alpha value is -2.62. The first kappa shape index (κ1) is 20.1. The molecule has 1 saturated carbocycles. The van der Waals surface area contributed by atoms with Crippen LogP contribution in [0.2, 0.25) is 0 Å². The fourth-order valence-corrected chi connectivity index (χ4v) is 3.09. The Morgan fingerprint density at radius 3 is 2.50 bits per heavy atom. The molecule has 0 unspecified atom stereocenters. The van der Waals surface area contributed by atoms with Crippen molar-refractivity contribution in [1.82, 2.24) is 20.5 Å². The summed E-state index contributed by atoms with van der Waals surface area (Å²) < 4.78 is 41.9. The molecule has 1 aliphatic carbocycles. The zero-order valence-corrected chi connectivity index (χ0v) is 15.3. The number of nitrogens with zero attached hydrogens (tertiary/aromatic N) is 3. The minimum absolute atomic E-state index is 0.155. The van der Waals surface area contributed by atoms with Crippen LogP contribution in [0.3, 0.4) is 0 Å². The second-order valence-electron chi connectivity index (χ2n) is 6.62. The van der Waals surface area contributed by atoms with Crippen LogP contribution in [0.4, 0.5) is 18.0 Å². The van der Waals surface area contributed by atoms with Crippen LogP contribution in [0.5, 0.6) is 0 Å². The number of benzene rings is 1. The fourth-order valence-electron chi connectivity index (χ4n) is 3.09. The van der Waals surface area contributed by atoms with E-state index in [0.717, 1.165) is 31.2 Å². The highest BCUT2D eigenvalue weighted by Gasteiger charge is 2.38. The predicted molar refractivity (Wildman–Crippen MR) is 92.7 cm³/mol. The molecule has 0 saturated heterocycles. The second kappa shape index (κ2) is 8.59. The summed E-state index contributed by atoms with van der Waals surface area (Å²) in [4.78, 5) is 20.9. The van der Waals surface area contributed by atoms with E-state index in [0.29, 0.717) is 5.56 Å². The van der Waals surface area contributed by atoms with Gasteiger partial charge in [0.05, 0.1) is 13.7 Å². The van der Waals surface area contributed by atoms with Gasteiger partial charge in [-0.15, -0.1) is 0 Å². The van der Waals surface area contributed by atoms with Crippen molar-refractivity contribution in [2.45, 2.75) is 50.9 Å². The average molecular weight is 398 g/mol. The van der Waals surface area contributed by atoms with E-state index in [9.17, 15) is 18.0 Å². The Bertz CT molecular complexity index is 786. The lowest BCUT2D eigenvalue weighted by molar-refractivity contribution is -0.159. The number of hydroxylamine groups is 2. The predicted octanol–water partition coefficient (Wildman–Crippen LogP) is 4.16. The zero-order chi connectivity index (χ0) is 20.1. The number of aromatic nitrogens is 2. The molecule has 0 spiro atoms. The lowest BCUT2D eigenvalue weighted by Crippen LogP contribution is -2.44. The van der Waals surface area contributed by atoms with Gasteiger partial charge in [-0.1, -0.05) is 48.7 Å². The number of rotatable bonds is 5. The molecule has 0 atom stereocenters. The standard InChI is InChI=1S/C18H21F3N4O3/c1-27-25(17(26)22-14-5-3-2-4-6-14)11-12-7-9-13(10-8-12)15-23-16(28-24-15)18(19,20)21/h7-10,14H,2-6,11H2,1H3,(H,22,26). The van der Waals surface area contributed by atoms with E-state index in [4.69, 9.17) is 4.84 Å². The quantitative estimate of drug-likeness (QED) is 0.765. The van der Waals surface area contributed by atoms with Gasteiger partial charge in [-0.2, -0.15) is 23.2 Å². The fraction of sp³-hybridized carbons (Fsp3) is 0.500. The monoisotopic (exact) mass is 398 g/mol. The van der Waals surface area contributed by atoms with Gasteiger partial charge in [-0.3, -0.25) is 4.84 Å². The second-order valence-corrected chi connectivity index (χ2v) is 6.62. The Morgan fingerprint density at radius 1 is 1.25 bits per heavy atom. The van der Waals surface area contributed by atoms with Crippen LogP contribution >= 0.6 is 0 Å². The highest BCUT2D eigenvalue weighted by atomic mass is 19.4. The normalized spacial score (nSPS) is 15.4. The Balaban J connectivity index is 1.62. The summed E-state index contributed by atoms with van der Waals surface area (Å²) in [7, 11) is 1.41. The number of alkyl halides is 3. The third kappa shape index (κ3) is 5.00. The van der Waals surface area contributed by atoms with Gasteiger partial charge >= 0.3 is 18.1 Å². The number of carbonyl (C=O) groups excluding carboxylic acids is 1. The maximum atomic E-state index is 12.6. The highest BCUT2D eigenvalue weighted by molar-refractivity contribution is 5.73. The summed E-state index contributed by atoms with van der Waals surface area (Å²) in [6, 6.07) is 6.30. The van der Waals surface area contributed by atoms with Crippen LogP contribution in [-0.4, -0.2) is 34.4 Å². The third-order valence-electron chi connectivity index (χ3n) is 4.59.